The van der Waals surface area contributed by atoms with Gasteiger partial charge in [0.15, 0.2) is 11.8 Å². The molecule has 1 aliphatic rings. The van der Waals surface area contributed by atoms with E-state index >= 15 is 0 Å². The summed E-state index contributed by atoms with van der Waals surface area (Å²) in [6, 6.07) is 0.368. The number of nitrogens with one attached hydrogen (secondary N) is 2. The third-order valence-corrected chi connectivity index (χ3v) is 4.99. The Morgan fingerprint density at radius 1 is 1.39 bits per heavy atom. The zero-order valence-corrected chi connectivity index (χ0v) is 14.8. The number of ether oxygens (including phenoxy) is 1. The van der Waals surface area contributed by atoms with Crippen molar-refractivity contribution in [2.24, 2.45) is 10.4 Å². The van der Waals surface area contributed by atoms with Gasteiger partial charge in [-0.2, -0.15) is 4.98 Å². The summed E-state index contributed by atoms with van der Waals surface area (Å²) in [6.45, 7) is 9.57. The Morgan fingerprint density at radius 3 is 2.65 bits per heavy atom. The predicted octanol–water partition coefficient (Wildman–Crippen LogP) is 2.03. The SMILES string of the molecule is CCO[C@@H]1C[C@H](NC(=NC)NCc2noc(C)n2)C1(CC)CC. The average Bonchev–Trinajstić information content (AvgIpc) is 2.96. The van der Waals surface area contributed by atoms with Crippen LogP contribution in [0.1, 0.15) is 51.7 Å². The van der Waals surface area contributed by atoms with Crippen molar-refractivity contribution in [1.82, 2.24) is 20.8 Å². The molecule has 2 rings (SSSR count). The van der Waals surface area contributed by atoms with Crippen molar-refractivity contribution in [3.63, 3.8) is 0 Å². The number of aryl methyl sites for hydroxylation is 1. The van der Waals surface area contributed by atoms with Crippen LogP contribution in [0.2, 0.25) is 0 Å². The maximum Gasteiger partial charge on any atom is 0.223 e. The summed E-state index contributed by atoms with van der Waals surface area (Å²) < 4.78 is 10.9. The average molecular weight is 323 g/mol. The quantitative estimate of drug-likeness (QED) is 0.590. The number of guanidine groups is 1. The normalized spacial score (nSPS) is 23.4. The van der Waals surface area contributed by atoms with Crippen LogP contribution in [0.4, 0.5) is 0 Å². The third-order valence-electron chi connectivity index (χ3n) is 4.99. The molecule has 1 saturated carbocycles. The van der Waals surface area contributed by atoms with Crippen molar-refractivity contribution in [3.05, 3.63) is 11.7 Å². The molecule has 0 unspecified atom stereocenters. The van der Waals surface area contributed by atoms with E-state index in [0.29, 0.717) is 30.4 Å². The van der Waals surface area contributed by atoms with Crippen molar-refractivity contribution < 1.29 is 9.26 Å². The van der Waals surface area contributed by atoms with Crippen LogP contribution in [0.15, 0.2) is 9.52 Å². The fourth-order valence-electron chi connectivity index (χ4n) is 3.52. The molecule has 1 aliphatic carbocycles. The summed E-state index contributed by atoms with van der Waals surface area (Å²) in [5, 5.41) is 10.7. The van der Waals surface area contributed by atoms with Crippen LogP contribution in [0.3, 0.4) is 0 Å². The van der Waals surface area contributed by atoms with Gasteiger partial charge in [0, 0.05) is 32.0 Å². The Hall–Kier alpha value is -1.63. The van der Waals surface area contributed by atoms with Crippen LogP contribution in [0.25, 0.3) is 0 Å². The maximum atomic E-state index is 5.92. The smallest absolute Gasteiger partial charge is 0.223 e. The second kappa shape index (κ2) is 7.77. The summed E-state index contributed by atoms with van der Waals surface area (Å²) in [6.07, 6.45) is 3.52. The summed E-state index contributed by atoms with van der Waals surface area (Å²) in [5.41, 5.74) is 0.177. The number of hydrogen-bond acceptors (Lipinski definition) is 5. The van der Waals surface area contributed by atoms with E-state index in [4.69, 9.17) is 9.26 Å². The highest BCUT2D eigenvalue weighted by Crippen LogP contribution is 2.48. The van der Waals surface area contributed by atoms with E-state index in [0.717, 1.165) is 31.8 Å². The molecule has 1 fully saturated rings. The van der Waals surface area contributed by atoms with Gasteiger partial charge in [0.2, 0.25) is 5.89 Å². The van der Waals surface area contributed by atoms with Gasteiger partial charge in [-0.3, -0.25) is 4.99 Å². The van der Waals surface area contributed by atoms with Gasteiger partial charge in [-0.25, -0.2) is 0 Å². The van der Waals surface area contributed by atoms with E-state index < -0.39 is 0 Å². The Balaban J connectivity index is 1.93. The van der Waals surface area contributed by atoms with Crippen LogP contribution in [0.5, 0.6) is 0 Å². The number of hydrogen-bond donors (Lipinski definition) is 2. The zero-order chi connectivity index (χ0) is 16.9. The molecule has 0 spiro atoms. The van der Waals surface area contributed by atoms with E-state index in [9.17, 15) is 0 Å². The van der Waals surface area contributed by atoms with E-state index in [-0.39, 0.29) is 5.41 Å². The number of aromatic nitrogens is 2. The molecule has 0 radical (unpaired) electrons. The fourth-order valence-corrected chi connectivity index (χ4v) is 3.52. The fraction of sp³-hybridized carbons (Fsp3) is 0.812. The van der Waals surface area contributed by atoms with Gasteiger partial charge in [-0.05, 0) is 26.2 Å². The highest BCUT2D eigenvalue weighted by molar-refractivity contribution is 5.80. The highest BCUT2D eigenvalue weighted by Gasteiger charge is 2.53. The molecule has 23 heavy (non-hydrogen) atoms. The highest BCUT2D eigenvalue weighted by atomic mass is 16.5. The molecule has 7 nitrogen and oxygen atoms in total. The zero-order valence-electron chi connectivity index (χ0n) is 14.8. The lowest BCUT2D eigenvalue weighted by Gasteiger charge is -2.55. The first kappa shape index (κ1) is 17.7. The molecule has 7 heteroatoms. The van der Waals surface area contributed by atoms with Crippen molar-refractivity contribution in [3.8, 4) is 0 Å². The van der Waals surface area contributed by atoms with Crippen LogP contribution >= 0.6 is 0 Å². The monoisotopic (exact) mass is 323 g/mol. The Kier molecular flexibility index (Phi) is 5.98. The Bertz CT molecular complexity index is 524. The van der Waals surface area contributed by atoms with Gasteiger partial charge in [-0.1, -0.05) is 19.0 Å². The molecule has 1 aromatic heterocycles. The lowest BCUT2D eigenvalue weighted by atomic mass is 9.58. The summed E-state index contributed by atoms with van der Waals surface area (Å²) >= 11 is 0. The first-order valence-corrected chi connectivity index (χ1v) is 8.47. The lowest BCUT2D eigenvalue weighted by molar-refractivity contribution is -0.133. The van der Waals surface area contributed by atoms with Crippen molar-refractivity contribution in [1.29, 1.82) is 0 Å². The van der Waals surface area contributed by atoms with Gasteiger partial charge < -0.3 is 19.9 Å². The van der Waals surface area contributed by atoms with Crippen molar-refractivity contribution in [2.75, 3.05) is 13.7 Å². The molecule has 0 saturated heterocycles. The topological polar surface area (TPSA) is 84.6 Å². The van der Waals surface area contributed by atoms with E-state index in [1.54, 1.807) is 14.0 Å². The molecular formula is C16H29N5O2. The third kappa shape index (κ3) is 3.65. The molecule has 1 heterocycles. The van der Waals surface area contributed by atoms with Crippen LogP contribution in [-0.4, -0.2) is 41.9 Å². The second-order valence-corrected chi connectivity index (χ2v) is 5.97. The van der Waals surface area contributed by atoms with Gasteiger partial charge >= 0.3 is 0 Å². The molecule has 0 bridgehead atoms. The van der Waals surface area contributed by atoms with Crippen LogP contribution in [-0.2, 0) is 11.3 Å². The minimum atomic E-state index is 0.177. The molecular weight excluding hydrogens is 294 g/mol. The number of rotatable bonds is 7. The number of nitrogens with zero attached hydrogens (tertiary/aromatic N) is 3. The molecule has 0 amide bonds. The predicted molar refractivity (Wildman–Crippen MR) is 89.2 cm³/mol. The Labute approximate surface area is 138 Å². The maximum absolute atomic E-state index is 5.92. The van der Waals surface area contributed by atoms with Crippen molar-refractivity contribution >= 4 is 5.96 Å². The standard InChI is InChI=1S/C16H29N5O2/c1-6-16(7-2)12(9-13(16)22-8-3)20-15(17-5)18-10-14-19-11(4)23-21-14/h12-13H,6-10H2,1-5H3,(H2,17,18,20)/t12-,13+/m0/s1. The number of aliphatic imine (C=N–C) groups is 1. The first-order valence-electron chi connectivity index (χ1n) is 8.47. The lowest BCUT2D eigenvalue weighted by Crippen LogP contribution is -2.65. The molecule has 2 N–H and O–H groups in total. The van der Waals surface area contributed by atoms with Gasteiger partial charge in [0.25, 0.3) is 0 Å². The van der Waals surface area contributed by atoms with E-state index in [1.165, 1.54) is 0 Å². The minimum Gasteiger partial charge on any atom is -0.378 e. The largest absolute Gasteiger partial charge is 0.378 e. The Morgan fingerprint density at radius 2 is 2.13 bits per heavy atom. The molecule has 1 aromatic rings. The van der Waals surface area contributed by atoms with Crippen LogP contribution in [0, 0.1) is 12.3 Å². The first-order chi connectivity index (χ1) is 11.1. The van der Waals surface area contributed by atoms with E-state index in [2.05, 4.69) is 46.5 Å². The summed E-state index contributed by atoms with van der Waals surface area (Å²) in [7, 11) is 1.77. The van der Waals surface area contributed by atoms with Crippen LogP contribution < -0.4 is 10.6 Å². The summed E-state index contributed by atoms with van der Waals surface area (Å²) in [4.78, 5) is 8.49. The van der Waals surface area contributed by atoms with Gasteiger partial charge in [-0.15, -0.1) is 0 Å². The van der Waals surface area contributed by atoms with Gasteiger partial charge in [0.05, 0.1) is 12.6 Å². The van der Waals surface area contributed by atoms with Gasteiger partial charge in [0.1, 0.15) is 0 Å². The van der Waals surface area contributed by atoms with E-state index in [1.807, 2.05) is 0 Å². The minimum absolute atomic E-state index is 0.177. The second-order valence-electron chi connectivity index (χ2n) is 5.97. The molecule has 2 atom stereocenters. The molecule has 0 aliphatic heterocycles. The molecule has 130 valence electrons. The van der Waals surface area contributed by atoms with Crippen molar-refractivity contribution in [2.45, 2.75) is 65.6 Å². The molecule has 0 aromatic carbocycles. The summed E-state index contributed by atoms with van der Waals surface area (Å²) in [5.74, 6) is 1.96.